The molecule has 0 aliphatic heterocycles. The van der Waals surface area contributed by atoms with E-state index in [1.807, 2.05) is 98.2 Å². The normalized spacial score (nSPS) is 11.3. The second-order valence-electron chi connectivity index (χ2n) is 8.64. The van der Waals surface area contributed by atoms with Gasteiger partial charge >= 0.3 is 0 Å². The lowest BCUT2D eigenvalue weighted by molar-refractivity contribution is 0.391. The Hall–Kier alpha value is -4.08. The molecule has 0 aliphatic carbocycles. The first kappa shape index (κ1) is 24.3. The maximum atomic E-state index is 13.8. The Balaban J connectivity index is 1.40. The summed E-state index contributed by atoms with van der Waals surface area (Å²) in [6.45, 7) is 1.98. The number of benzene rings is 3. The van der Waals surface area contributed by atoms with Gasteiger partial charge in [-0.3, -0.25) is 9.36 Å². The number of nitrogens with zero attached hydrogens (tertiary/aromatic N) is 4. The van der Waals surface area contributed by atoms with Crippen LogP contribution < -0.4 is 5.56 Å². The SMILES string of the molecule is CSc1ccc(-c2noc(CSc3nc4c(-c5ccccc5)c[nH]c4c(=O)n3-c3ccccc3C)n2)cc1. The lowest BCUT2D eigenvalue weighted by atomic mass is 10.1. The molecule has 0 amide bonds. The fourth-order valence-corrected chi connectivity index (χ4v) is 5.54. The molecule has 0 saturated heterocycles. The fraction of sp³-hybridized carbons (Fsp3) is 0.103. The van der Waals surface area contributed by atoms with Crippen molar-refractivity contribution in [3.63, 3.8) is 0 Å². The van der Waals surface area contributed by atoms with Crippen molar-refractivity contribution in [1.82, 2.24) is 24.7 Å². The van der Waals surface area contributed by atoms with Crippen molar-refractivity contribution in [2.45, 2.75) is 22.7 Å². The molecular formula is C29H23N5O2S2. The van der Waals surface area contributed by atoms with Gasteiger partial charge < -0.3 is 9.51 Å². The molecule has 38 heavy (non-hydrogen) atoms. The summed E-state index contributed by atoms with van der Waals surface area (Å²) in [5.41, 5.74) is 5.45. The summed E-state index contributed by atoms with van der Waals surface area (Å²) in [6.07, 6.45) is 3.88. The van der Waals surface area contributed by atoms with Crippen molar-refractivity contribution in [3.05, 3.63) is 107 Å². The largest absolute Gasteiger partial charge is 0.355 e. The number of para-hydroxylation sites is 1. The number of aryl methyl sites for hydroxylation is 1. The van der Waals surface area contributed by atoms with E-state index in [1.54, 1.807) is 16.3 Å². The van der Waals surface area contributed by atoms with Crippen molar-refractivity contribution in [3.8, 4) is 28.2 Å². The molecule has 1 N–H and O–H groups in total. The third-order valence-electron chi connectivity index (χ3n) is 6.25. The average Bonchev–Trinajstić information content (AvgIpc) is 3.61. The first-order valence-corrected chi connectivity index (χ1v) is 14.2. The van der Waals surface area contributed by atoms with E-state index in [0.717, 1.165) is 27.9 Å². The predicted octanol–water partition coefficient (Wildman–Crippen LogP) is 6.75. The molecule has 0 unspecified atom stereocenters. The summed E-state index contributed by atoms with van der Waals surface area (Å²) in [7, 11) is 0. The summed E-state index contributed by atoms with van der Waals surface area (Å²) in [5.74, 6) is 1.36. The van der Waals surface area contributed by atoms with E-state index in [4.69, 9.17) is 9.51 Å². The Labute approximate surface area is 227 Å². The van der Waals surface area contributed by atoms with Crippen molar-refractivity contribution >= 4 is 34.6 Å². The van der Waals surface area contributed by atoms with Gasteiger partial charge in [0.25, 0.3) is 5.56 Å². The second-order valence-corrected chi connectivity index (χ2v) is 10.5. The highest BCUT2D eigenvalue weighted by Crippen LogP contribution is 2.31. The number of fused-ring (bicyclic) bond motifs is 1. The molecule has 0 spiro atoms. The number of hydrogen-bond donors (Lipinski definition) is 1. The number of thioether (sulfide) groups is 2. The Morgan fingerprint density at radius 2 is 1.68 bits per heavy atom. The molecule has 188 valence electrons. The summed E-state index contributed by atoms with van der Waals surface area (Å²) in [4.78, 5) is 27.7. The summed E-state index contributed by atoms with van der Waals surface area (Å²) in [5, 5.41) is 4.72. The molecule has 0 fully saturated rings. The molecular weight excluding hydrogens is 514 g/mol. The Kier molecular flexibility index (Phi) is 6.61. The molecule has 6 aromatic rings. The number of rotatable bonds is 7. The van der Waals surface area contributed by atoms with Crippen LogP contribution in [0.4, 0.5) is 0 Å². The topological polar surface area (TPSA) is 89.6 Å². The van der Waals surface area contributed by atoms with Gasteiger partial charge in [0, 0.05) is 22.2 Å². The molecule has 6 rings (SSSR count). The van der Waals surface area contributed by atoms with Crippen LogP contribution in [0.15, 0.2) is 104 Å². The number of hydrogen-bond acceptors (Lipinski definition) is 7. The zero-order valence-corrected chi connectivity index (χ0v) is 22.3. The van der Waals surface area contributed by atoms with Gasteiger partial charge in [0.05, 0.1) is 11.4 Å². The van der Waals surface area contributed by atoms with E-state index in [-0.39, 0.29) is 5.56 Å². The van der Waals surface area contributed by atoms with E-state index in [9.17, 15) is 4.79 Å². The van der Waals surface area contributed by atoms with Gasteiger partial charge in [0.1, 0.15) is 11.0 Å². The van der Waals surface area contributed by atoms with Gasteiger partial charge in [-0.25, -0.2) is 4.98 Å². The number of aromatic nitrogens is 5. The summed E-state index contributed by atoms with van der Waals surface area (Å²) >= 11 is 3.07. The Morgan fingerprint density at radius 3 is 2.45 bits per heavy atom. The summed E-state index contributed by atoms with van der Waals surface area (Å²) < 4.78 is 7.21. The Morgan fingerprint density at radius 1 is 0.921 bits per heavy atom. The second kappa shape index (κ2) is 10.4. The van der Waals surface area contributed by atoms with Crippen LogP contribution in [0, 0.1) is 6.92 Å². The lowest BCUT2D eigenvalue weighted by Gasteiger charge is -2.14. The molecule has 3 aromatic carbocycles. The molecule has 0 saturated carbocycles. The third-order valence-corrected chi connectivity index (χ3v) is 7.92. The predicted molar refractivity (Wildman–Crippen MR) is 153 cm³/mol. The molecule has 9 heteroatoms. The first-order valence-electron chi connectivity index (χ1n) is 12.0. The highest BCUT2D eigenvalue weighted by Gasteiger charge is 2.20. The summed E-state index contributed by atoms with van der Waals surface area (Å²) in [6, 6.07) is 25.7. The fourth-order valence-electron chi connectivity index (χ4n) is 4.30. The molecule has 0 aliphatic rings. The molecule has 3 heterocycles. The van der Waals surface area contributed by atoms with E-state index < -0.39 is 0 Å². The zero-order chi connectivity index (χ0) is 26.1. The number of H-pyrrole nitrogens is 1. The third kappa shape index (κ3) is 4.55. The van der Waals surface area contributed by atoms with Crippen LogP contribution in [0.5, 0.6) is 0 Å². The quantitative estimate of drug-likeness (QED) is 0.178. The van der Waals surface area contributed by atoms with Crippen LogP contribution in [0.25, 0.3) is 39.2 Å². The van der Waals surface area contributed by atoms with E-state index in [0.29, 0.717) is 33.7 Å². The van der Waals surface area contributed by atoms with Gasteiger partial charge in [-0.05, 0) is 54.6 Å². The van der Waals surface area contributed by atoms with Crippen molar-refractivity contribution in [2.24, 2.45) is 0 Å². The van der Waals surface area contributed by atoms with Gasteiger partial charge in [0.15, 0.2) is 5.16 Å². The van der Waals surface area contributed by atoms with E-state index in [2.05, 4.69) is 15.1 Å². The number of nitrogens with one attached hydrogen (secondary N) is 1. The molecule has 0 bridgehead atoms. The minimum atomic E-state index is -0.158. The average molecular weight is 538 g/mol. The monoisotopic (exact) mass is 537 g/mol. The van der Waals surface area contributed by atoms with Crippen LogP contribution >= 0.6 is 23.5 Å². The van der Waals surface area contributed by atoms with Crippen LogP contribution in [0.1, 0.15) is 11.5 Å². The van der Waals surface area contributed by atoms with Gasteiger partial charge in [-0.15, -0.1) is 11.8 Å². The lowest BCUT2D eigenvalue weighted by Crippen LogP contribution is -2.22. The maximum absolute atomic E-state index is 13.8. The van der Waals surface area contributed by atoms with Crippen molar-refractivity contribution < 1.29 is 4.52 Å². The van der Waals surface area contributed by atoms with Gasteiger partial charge in [-0.1, -0.05) is 65.4 Å². The minimum absolute atomic E-state index is 0.158. The van der Waals surface area contributed by atoms with Crippen LogP contribution in [0.2, 0.25) is 0 Å². The standard InChI is InChI=1S/C29H23N5O2S2/c1-18-8-6-7-11-23(18)34-28(35)26-25(22(16-30-26)19-9-4-3-5-10-19)32-29(34)38-17-24-31-27(33-36-24)20-12-14-21(37-2)15-13-20/h3-16,30H,17H2,1-2H3. The van der Waals surface area contributed by atoms with E-state index >= 15 is 0 Å². The number of aromatic amines is 1. The first-order chi connectivity index (χ1) is 18.6. The Bertz CT molecular complexity index is 1790. The van der Waals surface area contributed by atoms with Crippen LogP contribution in [-0.2, 0) is 5.75 Å². The molecule has 7 nitrogen and oxygen atoms in total. The maximum Gasteiger partial charge on any atom is 0.283 e. The minimum Gasteiger partial charge on any atom is -0.355 e. The van der Waals surface area contributed by atoms with Crippen molar-refractivity contribution in [1.29, 1.82) is 0 Å². The molecule has 0 radical (unpaired) electrons. The van der Waals surface area contributed by atoms with Gasteiger partial charge in [-0.2, -0.15) is 4.98 Å². The smallest absolute Gasteiger partial charge is 0.283 e. The van der Waals surface area contributed by atoms with Crippen molar-refractivity contribution in [2.75, 3.05) is 6.26 Å². The van der Waals surface area contributed by atoms with Crippen LogP contribution in [-0.4, -0.2) is 30.9 Å². The van der Waals surface area contributed by atoms with E-state index in [1.165, 1.54) is 16.7 Å². The molecule has 3 aromatic heterocycles. The zero-order valence-electron chi connectivity index (χ0n) is 20.7. The van der Waals surface area contributed by atoms with Gasteiger partial charge in [0.2, 0.25) is 11.7 Å². The highest BCUT2D eigenvalue weighted by molar-refractivity contribution is 7.98. The molecule has 0 atom stereocenters. The highest BCUT2D eigenvalue weighted by atomic mass is 32.2. The van der Waals surface area contributed by atoms with Crippen LogP contribution in [0.3, 0.4) is 0 Å².